The van der Waals surface area contributed by atoms with E-state index in [9.17, 15) is 15.0 Å². The molecule has 5 heteroatoms. The van der Waals surface area contributed by atoms with Gasteiger partial charge in [0.15, 0.2) is 6.10 Å². The lowest BCUT2D eigenvalue weighted by Gasteiger charge is -2.29. The van der Waals surface area contributed by atoms with Gasteiger partial charge in [0, 0.05) is 12.1 Å². The quantitative estimate of drug-likeness (QED) is 0.884. The third-order valence-electron chi connectivity index (χ3n) is 3.48. The Balaban J connectivity index is 2.08. The molecule has 0 saturated heterocycles. The van der Waals surface area contributed by atoms with Crippen LogP contribution in [-0.2, 0) is 4.79 Å². The number of carbonyl (C=O) groups excluding carboxylic acids is 1. The Morgan fingerprint density at radius 2 is 1.90 bits per heavy atom. The van der Waals surface area contributed by atoms with Gasteiger partial charge < -0.3 is 19.7 Å². The Bertz CT molecular complexity index is 681. The molecular weight excluding hydrogens is 272 g/mol. The van der Waals surface area contributed by atoms with Crippen molar-refractivity contribution in [3.8, 4) is 17.2 Å². The van der Waals surface area contributed by atoms with E-state index in [2.05, 4.69) is 0 Å². The van der Waals surface area contributed by atoms with E-state index in [-0.39, 0.29) is 17.1 Å². The van der Waals surface area contributed by atoms with Crippen LogP contribution in [0.2, 0.25) is 0 Å². The molecule has 0 aliphatic carbocycles. The van der Waals surface area contributed by atoms with Gasteiger partial charge in [0.25, 0.3) is 0 Å². The van der Waals surface area contributed by atoms with Crippen molar-refractivity contribution < 1.29 is 24.5 Å². The summed E-state index contributed by atoms with van der Waals surface area (Å²) in [6.45, 7) is 0. The van der Waals surface area contributed by atoms with Gasteiger partial charge in [-0.1, -0.05) is 30.3 Å². The molecular formula is C16H14O5. The average Bonchev–Trinajstić information content (AvgIpc) is 2.51. The van der Waals surface area contributed by atoms with Crippen molar-refractivity contribution in [1.29, 1.82) is 0 Å². The number of carbonyl (C=O) groups is 1. The van der Waals surface area contributed by atoms with Crippen molar-refractivity contribution in [2.24, 2.45) is 0 Å². The highest BCUT2D eigenvalue weighted by molar-refractivity contribution is 5.92. The first-order valence-corrected chi connectivity index (χ1v) is 6.46. The van der Waals surface area contributed by atoms with Crippen molar-refractivity contribution in [3.63, 3.8) is 0 Å². The van der Waals surface area contributed by atoms with Gasteiger partial charge in [0.2, 0.25) is 5.78 Å². The van der Waals surface area contributed by atoms with Crippen LogP contribution in [0.15, 0.2) is 42.5 Å². The van der Waals surface area contributed by atoms with Crippen molar-refractivity contribution >= 4 is 5.78 Å². The van der Waals surface area contributed by atoms with Crippen LogP contribution in [0.1, 0.15) is 23.3 Å². The Morgan fingerprint density at radius 1 is 1.19 bits per heavy atom. The fourth-order valence-electron chi connectivity index (χ4n) is 2.41. The lowest BCUT2D eigenvalue weighted by molar-refractivity contribution is -0.137. The van der Waals surface area contributed by atoms with Gasteiger partial charge in [0.05, 0.1) is 12.7 Å². The summed E-state index contributed by atoms with van der Waals surface area (Å²) in [6.07, 6.45) is -2.33. The van der Waals surface area contributed by atoms with Gasteiger partial charge in [-0.15, -0.1) is 0 Å². The SMILES string of the molecule is COc1cc(O)c2c(c1)OC(c1ccccc1)C(=O)C2O. The van der Waals surface area contributed by atoms with Crippen molar-refractivity contribution in [1.82, 2.24) is 0 Å². The maximum Gasteiger partial charge on any atom is 0.211 e. The summed E-state index contributed by atoms with van der Waals surface area (Å²) in [7, 11) is 1.46. The molecule has 0 fully saturated rings. The lowest BCUT2D eigenvalue weighted by Crippen LogP contribution is -2.30. The van der Waals surface area contributed by atoms with E-state index in [1.165, 1.54) is 13.2 Å². The molecule has 2 atom stereocenters. The highest BCUT2D eigenvalue weighted by Crippen LogP contribution is 2.45. The number of benzene rings is 2. The van der Waals surface area contributed by atoms with Crippen LogP contribution in [-0.4, -0.2) is 23.1 Å². The standard InChI is InChI=1S/C16H14O5/c1-20-10-7-11(17)13-12(8-10)21-16(15(19)14(13)18)9-5-3-2-4-6-9/h2-8,14,16-18H,1H3. The van der Waals surface area contributed by atoms with E-state index >= 15 is 0 Å². The third-order valence-corrected chi connectivity index (χ3v) is 3.48. The summed E-state index contributed by atoms with van der Waals surface area (Å²) in [4.78, 5) is 12.3. The number of phenolic OH excluding ortho intramolecular Hbond substituents is 1. The maximum atomic E-state index is 12.3. The molecule has 2 unspecified atom stereocenters. The fourth-order valence-corrected chi connectivity index (χ4v) is 2.41. The summed E-state index contributed by atoms with van der Waals surface area (Å²) in [5.74, 6) is -0.0988. The van der Waals surface area contributed by atoms with Gasteiger partial charge >= 0.3 is 0 Å². The maximum absolute atomic E-state index is 12.3. The first-order valence-electron chi connectivity index (χ1n) is 6.46. The molecule has 0 aromatic heterocycles. The molecule has 1 aliphatic rings. The third kappa shape index (κ3) is 2.21. The molecule has 1 aliphatic heterocycles. The normalized spacial score (nSPS) is 20.6. The van der Waals surface area contributed by atoms with Crippen LogP contribution in [0.4, 0.5) is 0 Å². The molecule has 0 saturated carbocycles. The second kappa shape index (κ2) is 5.10. The summed E-state index contributed by atoms with van der Waals surface area (Å²) in [6, 6.07) is 11.8. The number of aliphatic hydroxyl groups excluding tert-OH is 1. The number of methoxy groups -OCH3 is 1. The van der Waals surface area contributed by atoms with Crippen LogP contribution in [0.25, 0.3) is 0 Å². The molecule has 2 aromatic rings. The molecule has 2 N–H and O–H groups in total. The molecule has 21 heavy (non-hydrogen) atoms. The Labute approximate surface area is 121 Å². The van der Waals surface area contributed by atoms with E-state index in [0.717, 1.165) is 0 Å². The number of phenols is 1. The van der Waals surface area contributed by atoms with E-state index in [1.807, 2.05) is 6.07 Å². The zero-order valence-corrected chi connectivity index (χ0v) is 11.3. The van der Waals surface area contributed by atoms with Crippen LogP contribution in [0, 0.1) is 0 Å². The molecule has 5 nitrogen and oxygen atoms in total. The minimum Gasteiger partial charge on any atom is -0.507 e. The van der Waals surface area contributed by atoms with Crippen LogP contribution < -0.4 is 9.47 Å². The summed E-state index contributed by atoms with van der Waals surface area (Å²) >= 11 is 0. The van der Waals surface area contributed by atoms with Gasteiger partial charge in [0.1, 0.15) is 23.4 Å². The van der Waals surface area contributed by atoms with Gasteiger partial charge in [-0.3, -0.25) is 4.79 Å². The smallest absolute Gasteiger partial charge is 0.211 e. The predicted molar refractivity (Wildman–Crippen MR) is 74.4 cm³/mol. The summed E-state index contributed by atoms with van der Waals surface area (Å²) in [5, 5.41) is 20.1. The minimum atomic E-state index is -1.43. The first-order chi connectivity index (χ1) is 10.1. The second-order valence-electron chi connectivity index (χ2n) is 4.77. The van der Waals surface area contributed by atoms with E-state index in [0.29, 0.717) is 11.3 Å². The first kappa shape index (κ1) is 13.5. The Hall–Kier alpha value is -2.53. The van der Waals surface area contributed by atoms with Crippen molar-refractivity contribution in [2.45, 2.75) is 12.2 Å². The highest BCUT2D eigenvalue weighted by Gasteiger charge is 2.38. The molecule has 0 bridgehead atoms. The van der Waals surface area contributed by atoms with Crippen molar-refractivity contribution in [3.05, 3.63) is 53.6 Å². The van der Waals surface area contributed by atoms with Crippen LogP contribution in [0.5, 0.6) is 17.2 Å². The summed E-state index contributed by atoms with van der Waals surface area (Å²) in [5.41, 5.74) is 0.725. The van der Waals surface area contributed by atoms with Gasteiger partial charge in [-0.25, -0.2) is 0 Å². The minimum absolute atomic E-state index is 0.0768. The number of hydrogen-bond acceptors (Lipinski definition) is 5. The van der Waals surface area contributed by atoms with Gasteiger partial charge in [-0.05, 0) is 5.56 Å². The molecule has 0 radical (unpaired) electrons. The van der Waals surface area contributed by atoms with Gasteiger partial charge in [-0.2, -0.15) is 0 Å². The van der Waals surface area contributed by atoms with Crippen molar-refractivity contribution in [2.75, 3.05) is 7.11 Å². The average molecular weight is 286 g/mol. The second-order valence-corrected chi connectivity index (χ2v) is 4.77. The number of Topliss-reactive ketones (excluding diaryl/α,β-unsaturated/α-hetero) is 1. The molecule has 0 amide bonds. The Morgan fingerprint density at radius 3 is 2.57 bits per heavy atom. The molecule has 1 heterocycles. The van der Waals surface area contributed by atoms with E-state index in [4.69, 9.17) is 9.47 Å². The van der Waals surface area contributed by atoms with E-state index in [1.54, 1.807) is 30.3 Å². The summed E-state index contributed by atoms with van der Waals surface area (Å²) < 4.78 is 10.7. The Kier molecular flexibility index (Phi) is 3.27. The number of fused-ring (bicyclic) bond motifs is 1. The van der Waals surface area contributed by atoms with E-state index < -0.39 is 18.0 Å². The largest absolute Gasteiger partial charge is 0.507 e. The van der Waals surface area contributed by atoms with Crippen LogP contribution >= 0.6 is 0 Å². The highest BCUT2D eigenvalue weighted by atomic mass is 16.5. The zero-order chi connectivity index (χ0) is 15.0. The molecule has 0 spiro atoms. The number of aliphatic hydroxyl groups is 1. The molecule has 108 valence electrons. The molecule has 2 aromatic carbocycles. The topological polar surface area (TPSA) is 76.0 Å². The number of ether oxygens (including phenoxy) is 2. The number of rotatable bonds is 2. The zero-order valence-electron chi connectivity index (χ0n) is 11.3. The predicted octanol–water partition coefficient (Wildman–Crippen LogP) is 2.14. The van der Waals surface area contributed by atoms with Crippen LogP contribution in [0.3, 0.4) is 0 Å². The fraction of sp³-hybridized carbons (Fsp3) is 0.188. The number of hydrogen-bond donors (Lipinski definition) is 2. The monoisotopic (exact) mass is 286 g/mol. The number of aromatic hydroxyl groups is 1. The lowest BCUT2D eigenvalue weighted by atomic mass is 9.93. The molecule has 3 rings (SSSR count). The number of ketones is 1.